The van der Waals surface area contributed by atoms with Gasteiger partial charge in [-0.3, -0.25) is 14.7 Å². The minimum absolute atomic E-state index is 0.286. The van der Waals surface area contributed by atoms with E-state index in [1.54, 1.807) is 12.1 Å². The van der Waals surface area contributed by atoms with Crippen LogP contribution < -0.4 is 0 Å². The number of aromatic nitrogens is 3. The second kappa shape index (κ2) is 6.51. The van der Waals surface area contributed by atoms with Crippen LogP contribution in [0.4, 0.5) is 0 Å². The lowest BCUT2D eigenvalue weighted by atomic mass is 9.76. The van der Waals surface area contributed by atoms with Gasteiger partial charge in [0.05, 0.1) is 5.69 Å². The lowest BCUT2D eigenvalue weighted by molar-refractivity contribution is -0.137. The number of hydrogen-bond donors (Lipinski definition) is 3. The highest BCUT2D eigenvalue weighted by molar-refractivity contribution is 5.99. The van der Waals surface area contributed by atoms with Gasteiger partial charge in [0, 0.05) is 34.8 Å². The SMILES string of the molecule is CN(CC(=O)O)C(=O)c1ccc2[nH]c(-c3n[nH]c4c3CCC(C)(C)C4)cc2c1. The molecule has 1 amide bonds. The molecular weight excluding hydrogens is 356 g/mol. The Kier molecular flexibility index (Phi) is 4.25. The van der Waals surface area contributed by atoms with Crippen LogP contribution in [0, 0.1) is 5.41 Å². The van der Waals surface area contributed by atoms with Gasteiger partial charge >= 0.3 is 5.97 Å². The van der Waals surface area contributed by atoms with Crippen LogP contribution in [0.1, 0.15) is 41.9 Å². The number of rotatable bonds is 4. The second-order valence-corrected chi connectivity index (χ2v) is 8.41. The molecule has 28 heavy (non-hydrogen) atoms. The molecule has 0 fully saturated rings. The van der Waals surface area contributed by atoms with Crippen molar-refractivity contribution >= 4 is 22.8 Å². The number of likely N-dealkylation sites (N-methyl/N-ethyl adjacent to an activating group) is 1. The molecule has 7 heteroatoms. The first-order valence-corrected chi connectivity index (χ1v) is 9.40. The number of carbonyl (C=O) groups is 2. The normalized spacial score (nSPS) is 15.4. The number of carboxylic acid groups (broad SMARTS) is 1. The van der Waals surface area contributed by atoms with E-state index in [2.05, 4.69) is 29.0 Å². The Bertz CT molecular complexity index is 1080. The maximum Gasteiger partial charge on any atom is 0.323 e. The summed E-state index contributed by atoms with van der Waals surface area (Å²) in [4.78, 5) is 27.9. The number of aromatic amines is 2. The summed E-state index contributed by atoms with van der Waals surface area (Å²) in [5.74, 6) is -1.35. The number of hydrogen-bond acceptors (Lipinski definition) is 3. The number of aliphatic carboxylic acids is 1. The Morgan fingerprint density at radius 2 is 2.07 bits per heavy atom. The molecule has 0 unspecified atom stereocenters. The van der Waals surface area contributed by atoms with E-state index < -0.39 is 5.97 Å². The van der Waals surface area contributed by atoms with Gasteiger partial charge in [-0.1, -0.05) is 13.8 Å². The predicted octanol–water partition coefficient (Wildman–Crippen LogP) is 3.23. The van der Waals surface area contributed by atoms with Crippen LogP contribution in [-0.2, 0) is 17.6 Å². The van der Waals surface area contributed by atoms with Gasteiger partial charge in [0.2, 0.25) is 0 Å². The summed E-state index contributed by atoms with van der Waals surface area (Å²) in [5, 5.41) is 17.5. The molecule has 3 N–H and O–H groups in total. The lowest BCUT2D eigenvalue weighted by Crippen LogP contribution is -2.31. The van der Waals surface area contributed by atoms with Crippen molar-refractivity contribution in [3.63, 3.8) is 0 Å². The molecule has 4 rings (SSSR count). The summed E-state index contributed by atoms with van der Waals surface area (Å²) >= 11 is 0. The molecule has 146 valence electrons. The van der Waals surface area contributed by atoms with E-state index >= 15 is 0 Å². The molecule has 3 aromatic rings. The number of carboxylic acids is 1. The minimum atomic E-state index is -1.03. The molecule has 0 saturated heterocycles. The number of nitrogens with one attached hydrogen (secondary N) is 2. The zero-order valence-electron chi connectivity index (χ0n) is 16.3. The highest BCUT2D eigenvalue weighted by Gasteiger charge is 2.29. The Morgan fingerprint density at radius 1 is 1.29 bits per heavy atom. The number of nitrogens with zero attached hydrogens (tertiary/aromatic N) is 2. The summed E-state index contributed by atoms with van der Waals surface area (Å²) in [6.07, 6.45) is 3.11. The van der Waals surface area contributed by atoms with Gasteiger partial charge in [0.15, 0.2) is 0 Å². The molecule has 1 aliphatic carbocycles. The van der Waals surface area contributed by atoms with Crippen LogP contribution in [0.2, 0.25) is 0 Å². The van der Waals surface area contributed by atoms with Crippen molar-refractivity contribution in [3.05, 3.63) is 41.1 Å². The minimum Gasteiger partial charge on any atom is -0.480 e. The van der Waals surface area contributed by atoms with Crippen molar-refractivity contribution in [2.24, 2.45) is 5.41 Å². The third kappa shape index (κ3) is 3.28. The van der Waals surface area contributed by atoms with Gasteiger partial charge < -0.3 is 15.0 Å². The summed E-state index contributed by atoms with van der Waals surface area (Å²) in [6, 6.07) is 7.35. The number of H-pyrrole nitrogens is 2. The molecule has 0 aliphatic heterocycles. The van der Waals surface area contributed by atoms with Crippen LogP contribution in [0.25, 0.3) is 22.3 Å². The van der Waals surface area contributed by atoms with Crippen molar-refractivity contribution < 1.29 is 14.7 Å². The van der Waals surface area contributed by atoms with E-state index in [0.29, 0.717) is 5.56 Å². The highest BCUT2D eigenvalue weighted by atomic mass is 16.4. The Morgan fingerprint density at radius 3 is 2.82 bits per heavy atom. The third-order valence-corrected chi connectivity index (χ3v) is 5.50. The van der Waals surface area contributed by atoms with E-state index in [-0.39, 0.29) is 17.9 Å². The van der Waals surface area contributed by atoms with Gasteiger partial charge in [0.25, 0.3) is 5.91 Å². The lowest BCUT2D eigenvalue weighted by Gasteiger charge is -2.28. The van der Waals surface area contributed by atoms with E-state index in [1.807, 2.05) is 12.1 Å². The van der Waals surface area contributed by atoms with Crippen LogP contribution in [-0.4, -0.2) is 50.7 Å². The molecule has 0 atom stereocenters. The molecule has 2 aromatic heterocycles. The molecular formula is C21H24N4O3. The number of fused-ring (bicyclic) bond motifs is 2. The van der Waals surface area contributed by atoms with Gasteiger partial charge in [-0.25, -0.2) is 0 Å². The number of carbonyl (C=O) groups excluding carboxylic acids is 1. The summed E-state index contributed by atoms with van der Waals surface area (Å²) < 4.78 is 0. The third-order valence-electron chi connectivity index (χ3n) is 5.50. The topological polar surface area (TPSA) is 102 Å². The first kappa shape index (κ1) is 18.3. The Balaban J connectivity index is 1.66. The quantitative estimate of drug-likeness (QED) is 0.647. The molecule has 0 radical (unpaired) electrons. The van der Waals surface area contributed by atoms with E-state index in [4.69, 9.17) is 5.11 Å². The zero-order chi connectivity index (χ0) is 20.1. The van der Waals surface area contributed by atoms with Gasteiger partial charge in [-0.15, -0.1) is 0 Å². The molecule has 7 nitrogen and oxygen atoms in total. The molecule has 0 saturated carbocycles. The molecule has 2 heterocycles. The van der Waals surface area contributed by atoms with Crippen LogP contribution in [0.3, 0.4) is 0 Å². The number of amides is 1. The zero-order valence-corrected chi connectivity index (χ0v) is 16.3. The fourth-order valence-corrected chi connectivity index (χ4v) is 3.96. The van der Waals surface area contributed by atoms with Gasteiger partial charge in [-0.05, 0) is 48.9 Å². The van der Waals surface area contributed by atoms with E-state index in [9.17, 15) is 9.59 Å². The van der Waals surface area contributed by atoms with Crippen molar-refractivity contribution in [2.75, 3.05) is 13.6 Å². The average Bonchev–Trinajstić information content (AvgIpc) is 3.21. The standard InChI is InChI=1S/C21H24N4O3/c1-21(2)7-6-14-17(10-21)23-24-19(14)16-9-13-8-12(4-5-15(13)22-16)20(28)25(3)11-18(26)27/h4-5,8-9,22H,6-7,10-11H2,1-3H3,(H,23,24)(H,26,27). The average molecular weight is 380 g/mol. The van der Waals surface area contributed by atoms with E-state index in [1.165, 1.54) is 23.2 Å². The highest BCUT2D eigenvalue weighted by Crippen LogP contribution is 2.38. The fourth-order valence-electron chi connectivity index (χ4n) is 3.96. The summed E-state index contributed by atoms with van der Waals surface area (Å²) in [6.45, 7) is 4.23. The maximum atomic E-state index is 12.4. The van der Waals surface area contributed by atoms with Crippen molar-refractivity contribution in [2.45, 2.75) is 33.1 Å². The van der Waals surface area contributed by atoms with Crippen molar-refractivity contribution in [1.29, 1.82) is 0 Å². The van der Waals surface area contributed by atoms with Crippen LogP contribution >= 0.6 is 0 Å². The summed E-state index contributed by atoms with van der Waals surface area (Å²) in [7, 11) is 1.49. The monoisotopic (exact) mass is 380 g/mol. The van der Waals surface area contributed by atoms with Crippen LogP contribution in [0.15, 0.2) is 24.3 Å². The molecule has 0 spiro atoms. The first-order chi connectivity index (χ1) is 13.2. The predicted molar refractivity (Wildman–Crippen MR) is 106 cm³/mol. The first-order valence-electron chi connectivity index (χ1n) is 9.40. The van der Waals surface area contributed by atoms with Crippen molar-refractivity contribution in [3.8, 4) is 11.4 Å². The Labute approximate surface area is 162 Å². The summed E-state index contributed by atoms with van der Waals surface area (Å²) in [5.41, 5.74) is 6.01. The van der Waals surface area contributed by atoms with Gasteiger partial charge in [0.1, 0.15) is 12.2 Å². The van der Waals surface area contributed by atoms with Crippen LogP contribution in [0.5, 0.6) is 0 Å². The largest absolute Gasteiger partial charge is 0.480 e. The second-order valence-electron chi connectivity index (χ2n) is 8.41. The molecule has 1 aromatic carbocycles. The molecule has 1 aliphatic rings. The number of benzene rings is 1. The van der Waals surface area contributed by atoms with E-state index in [0.717, 1.165) is 41.6 Å². The fraction of sp³-hybridized carbons (Fsp3) is 0.381. The smallest absolute Gasteiger partial charge is 0.323 e. The maximum absolute atomic E-state index is 12.4. The Hall–Kier alpha value is -3.09. The van der Waals surface area contributed by atoms with Crippen molar-refractivity contribution in [1.82, 2.24) is 20.1 Å². The van der Waals surface area contributed by atoms with Gasteiger partial charge in [-0.2, -0.15) is 5.10 Å². The molecule has 0 bridgehead atoms.